The van der Waals surface area contributed by atoms with Gasteiger partial charge in [0.2, 0.25) is 15.9 Å². The van der Waals surface area contributed by atoms with E-state index < -0.39 is 15.6 Å². The Labute approximate surface area is 173 Å². The van der Waals surface area contributed by atoms with Gasteiger partial charge in [0.25, 0.3) is 0 Å². The molecule has 1 aliphatic heterocycles. The highest BCUT2D eigenvalue weighted by atomic mass is 32.2. The molecule has 0 radical (unpaired) electrons. The molecule has 0 atom stereocenters. The number of piperazine rings is 1. The topological polar surface area (TPSA) is 96.0 Å². The van der Waals surface area contributed by atoms with Crippen LogP contribution in [-0.4, -0.2) is 68.5 Å². The molecular formula is C20H31N3O5S. The van der Waals surface area contributed by atoms with E-state index in [0.717, 1.165) is 5.56 Å². The number of hydrogen-bond acceptors (Lipinski definition) is 5. The van der Waals surface area contributed by atoms with E-state index in [-0.39, 0.29) is 29.9 Å². The Hall–Kier alpha value is -2.13. The number of rotatable bonds is 5. The van der Waals surface area contributed by atoms with Crippen LogP contribution in [0.2, 0.25) is 0 Å². The summed E-state index contributed by atoms with van der Waals surface area (Å²) in [5.41, 5.74) is 1.10. The van der Waals surface area contributed by atoms with Crippen LogP contribution in [-0.2, 0) is 19.6 Å². The summed E-state index contributed by atoms with van der Waals surface area (Å²) in [4.78, 5) is 27.9. The molecule has 2 rings (SSSR count). The van der Waals surface area contributed by atoms with Crippen molar-refractivity contribution in [2.24, 2.45) is 0 Å². The number of carbonyl (C=O) groups excluding carboxylic acids is 2. The molecule has 162 valence electrons. The van der Waals surface area contributed by atoms with Gasteiger partial charge in [0, 0.05) is 39.1 Å². The van der Waals surface area contributed by atoms with Gasteiger partial charge in [0.15, 0.2) is 0 Å². The van der Waals surface area contributed by atoms with Crippen LogP contribution in [0.3, 0.4) is 0 Å². The van der Waals surface area contributed by atoms with Crippen LogP contribution in [0.4, 0.5) is 4.79 Å². The van der Waals surface area contributed by atoms with Crippen molar-refractivity contribution in [3.63, 3.8) is 0 Å². The van der Waals surface area contributed by atoms with Crippen molar-refractivity contribution >= 4 is 22.0 Å². The van der Waals surface area contributed by atoms with E-state index in [9.17, 15) is 18.0 Å². The summed E-state index contributed by atoms with van der Waals surface area (Å²) in [6.45, 7) is 10.7. The third kappa shape index (κ3) is 6.71. The molecule has 1 fully saturated rings. The van der Waals surface area contributed by atoms with E-state index in [1.54, 1.807) is 28.9 Å². The van der Waals surface area contributed by atoms with E-state index in [2.05, 4.69) is 4.72 Å². The fraction of sp³-hybridized carbons (Fsp3) is 0.600. The Morgan fingerprint density at radius 3 is 2.21 bits per heavy atom. The molecule has 1 heterocycles. The smallest absolute Gasteiger partial charge is 0.410 e. The molecule has 0 unspecified atom stereocenters. The number of sulfonamides is 1. The quantitative estimate of drug-likeness (QED) is 0.779. The van der Waals surface area contributed by atoms with Gasteiger partial charge in [-0.05, 0) is 46.2 Å². The first-order valence-electron chi connectivity index (χ1n) is 9.72. The zero-order chi connectivity index (χ0) is 21.8. The predicted octanol–water partition coefficient (Wildman–Crippen LogP) is 2.05. The van der Waals surface area contributed by atoms with Gasteiger partial charge in [-0.2, -0.15) is 0 Å². The summed E-state index contributed by atoms with van der Waals surface area (Å²) in [7, 11) is -3.66. The van der Waals surface area contributed by atoms with E-state index in [1.165, 1.54) is 0 Å². The highest BCUT2D eigenvalue weighted by Gasteiger charge is 2.27. The van der Waals surface area contributed by atoms with Crippen LogP contribution in [0.15, 0.2) is 23.1 Å². The first kappa shape index (κ1) is 23.2. The Morgan fingerprint density at radius 2 is 1.66 bits per heavy atom. The van der Waals surface area contributed by atoms with Gasteiger partial charge in [-0.3, -0.25) is 4.79 Å². The minimum atomic E-state index is -3.66. The highest BCUT2D eigenvalue weighted by molar-refractivity contribution is 7.89. The van der Waals surface area contributed by atoms with Crippen molar-refractivity contribution in [3.05, 3.63) is 29.3 Å². The van der Waals surface area contributed by atoms with Crippen LogP contribution >= 0.6 is 0 Å². The van der Waals surface area contributed by atoms with Gasteiger partial charge in [-0.15, -0.1) is 0 Å². The number of nitrogens with zero attached hydrogens (tertiary/aromatic N) is 2. The summed E-state index contributed by atoms with van der Waals surface area (Å²) >= 11 is 0. The number of hydrogen-bond donors (Lipinski definition) is 1. The van der Waals surface area contributed by atoms with Crippen LogP contribution in [0.25, 0.3) is 0 Å². The second kappa shape index (κ2) is 9.13. The van der Waals surface area contributed by atoms with Crippen molar-refractivity contribution < 1.29 is 22.7 Å². The first-order chi connectivity index (χ1) is 13.4. The first-order valence-corrected chi connectivity index (χ1v) is 11.2. The van der Waals surface area contributed by atoms with Crippen LogP contribution in [0, 0.1) is 13.8 Å². The normalized spacial score (nSPS) is 15.3. The third-order valence-corrected chi connectivity index (χ3v) is 6.16. The van der Waals surface area contributed by atoms with Crippen molar-refractivity contribution in [2.45, 2.75) is 51.5 Å². The number of amides is 2. The summed E-state index contributed by atoms with van der Waals surface area (Å²) < 4.78 is 32.8. The SMILES string of the molecule is Cc1ccc(S(=O)(=O)NCCC(=O)N2CCN(C(=O)OC(C)(C)C)CC2)c(C)c1. The number of nitrogens with one attached hydrogen (secondary N) is 1. The zero-order valence-corrected chi connectivity index (χ0v) is 18.6. The molecule has 0 saturated carbocycles. The Morgan fingerprint density at radius 1 is 1.07 bits per heavy atom. The minimum Gasteiger partial charge on any atom is -0.444 e. The van der Waals surface area contributed by atoms with Gasteiger partial charge < -0.3 is 14.5 Å². The summed E-state index contributed by atoms with van der Waals surface area (Å²) in [5, 5.41) is 0. The molecule has 1 saturated heterocycles. The molecule has 1 N–H and O–H groups in total. The molecule has 0 aliphatic carbocycles. The Balaban J connectivity index is 1.81. The van der Waals surface area contributed by atoms with Gasteiger partial charge in [-0.25, -0.2) is 17.9 Å². The van der Waals surface area contributed by atoms with Crippen LogP contribution < -0.4 is 4.72 Å². The van der Waals surface area contributed by atoms with E-state index >= 15 is 0 Å². The van der Waals surface area contributed by atoms with Crippen molar-refractivity contribution in [3.8, 4) is 0 Å². The fourth-order valence-electron chi connectivity index (χ4n) is 3.09. The average Bonchev–Trinajstić information content (AvgIpc) is 2.59. The molecule has 1 aliphatic rings. The second-order valence-corrected chi connectivity index (χ2v) is 10.0. The molecular weight excluding hydrogens is 394 g/mol. The van der Waals surface area contributed by atoms with Gasteiger partial charge in [0.05, 0.1) is 4.90 Å². The van der Waals surface area contributed by atoms with E-state index in [0.29, 0.717) is 31.7 Å². The number of carbonyl (C=O) groups is 2. The maximum Gasteiger partial charge on any atom is 0.410 e. The molecule has 0 bridgehead atoms. The van der Waals surface area contributed by atoms with Crippen molar-refractivity contribution in [2.75, 3.05) is 32.7 Å². The number of aryl methyl sites for hydroxylation is 2. The van der Waals surface area contributed by atoms with Gasteiger partial charge >= 0.3 is 6.09 Å². The standard InChI is InChI=1S/C20H31N3O5S/c1-15-6-7-17(16(2)14-15)29(26,27)21-9-8-18(24)22-10-12-23(13-11-22)19(25)28-20(3,4)5/h6-7,14,21H,8-13H2,1-5H3. The molecule has 8 nitrogen and oxygen atoms in total. The molecule has 2 amide bonds. The van der Waals surface area contributed by atoms with Crippen molar-refractivity contribution in [1.29, 1.82) is 0 Å². The third-order valence-electron chi connectivity index (χ3n) is 4.53. The molecule has 0 aromatic heterocycles. The lowest BCUT2D eigenvalue weighted by molar-refractivity contribution is -0.132. The summed E-state index contributed by atoms with van der Waals surface area (Å²) in [6.07, 6.45) is -0.317. The predicted molar refractivity (Wildman–Crippen MR) is 110 cm³/mol. The molecule has 29 heavy (non-hydrogen) atoms. The zero-order valence-electron chi connectivity index (χ0n) is 17.8. The monoisotopic (exact) mass is 425 g/mol. The highest BCUT2D eigenvalue weighted by Crippen LogP contribution is 2.16. The van der Waals surface area contributed by atoms with Crippen LogP contribution in [0.1, 0.15) is 38.3 Å². The maximum absolute atomic E-state index is 12.5. The van der Waals surface area contributed by atoms with Gasteiger partial charge in [-0.1, -0.05) is 17.7 Å². The Bertz CT molecular complexity index is 853. The van der Waals surface area contributed by atoms with E-state index in [1.807, 2.05) is 33.8 Å². The maximum atomic E-state index is 12.5. The summed E-state index contributed by atoms with van der Waals surface area (Å²) in [5.74, 6) is -0.142. The minimum absolute atomic E-state index is 0.0285. The Kier molecular flexibility index (Phi) is 7.29. The fourth-order valence-corrected chi connectivity index (χ4v) is 4.35. The largest absolute Gasteiger partial charge is 0.444 e. The second-order valence-electron chi connectivity index (χ2n) is 8.26. The lowest BCUT2D eigenvalue weighted by Gasteiger charge is -2.35. The molecule has 1 aromatic carbocycles. The van der Waals surface area contributed by atoms with Gasteiger partial charge in [0.1, 0.15) is 5.60 Å². The van der Waals surface area contributed by atoms with E-state index in [4.69, 9.17) is 4.74 Å². The van der Waals surface area contributed by atoms with Crippen molar-refractivity contribution in [1.82, 2.24) is 14.5 Å². The lowest BCUT2D eigenvalue weighted by Crippen LogP contribution is -2.52. The average molecular weight is 426 g/mol. The molecule has 9 heteroatoms. The number of benzene rings is 1. The van der Waals surface area contributed by atoms with Crippen LogP contribution in [0.5, 0.6) is 0 Å². The molecule has 1 aromatic rings. The molecule has 0 spiro atoms. The lowest BCUT2D eigenvalue weighted by atomic mass is 10.2. The number of ether oxygens (including phenoxy) is 1. The summed E-state index contributed by atoms with van der Waals surface area (Å²) in [6, 6.07) is 5.13.